The summed E-state index contributed by atoms with van der Waals surface area (Å²) < 4.78 is 13.2. The van der Waals surface area contributed by atoms with Gasteiger partial charge in [-0.1, -0.05) is 91.9 Å². The van der Waals surface area contributed by atoms with Gasteiger partial charge in [-0.05, 0) is 43.3 Å². The van der Waals surface area contributed by atoms with Gasteiger partial charge >= 0.3 is 6.03 Å². The minimum atomic E-state index is -0.640. The number of hydrogen-bond donors (Lipinski definition) is 1. The molecule has 1 saturated heterocycles. The van der Waals surface area contributed by atoms with Crippen LogP contribution in [0.5, 0.6) is 0 Å². The number of unbranched alkanes of at least 4 members (excludes halogenated alkanes) is 2. The molecule has 234 valence electrons. The smallest absolute Gasteiger partial charge is 0.334 e. The van der Waals surface area contributed by atoms with Gasteiger partial charge in [0.2, 0.25) is 12.3 Å². The van der Waals surface area contributed by atoms with Crippen LogP contribution in [0.15, 0.2) is 36.2 Å². The van der Waals surface area contributed by atoms with Crippen molar-refractivity contribution in [2.24, 2.45) is 5.92 Å². The lowest BCUT2D eigenvalue weighted by atomic mass is 9.94. The maximum Gasteiger partial charge on any atom is 0.334 e. The molecular formula is C32H56FN5O3. The average Bonchev–Trinajstić information content (AvgIpc) is 2.96. The van der Waals surface area contributed by atoms with Crippen molar-refractivity contribution in [3.05, 3.63) is 36.2 Å². The molecule has 8 nitrogen and oxygen atoms in total. The fourth-order valence-corrected chi connectivity index (χ4v) is 5.35. The van der Waals surface area contributed by atoms with E-state index in [0.717, 1.165) is 50.5 Å². The number of rotatable bonds is 20. The van der Waals surface area contributed by atoms with E-state index in [2.05, 4.69) is 32.7 Å². The first kappa shape index (κ1) is 36.3. The van der Waals surface area contributed by atoms with E-state index in [1.54, 1.807) is 23.1 Å². The normalized spacial score (nSPS) is 18.7. The van der Waals surface area contributed by atoms with E-state index < -0.39 is 18.0 Å². The number of nitrogens with one attached hydrogen (secondary N) is 1. The molecule has 1 heterocycles. The number of urea groups is 1. The summed E-state index contributed by atoms with van der Waals surface area (Å²) in [6.07, 6.45) is 14.6. The number of halogens is 1. The van der Waals surface area contributed by atoms with E-state index in [4.69, 9.17) is 0 Å². The van der Waals surface area contributed by atoms with E-state index >= 15 is 0 Å². The van der Waals surface area contributed by atoms with Crippen molar-refractivity contribution in [3.8, 4) is 0 Å². The van der Waals surface area contributed by atoms with Crippen molar-refractivity contribution < 1.29 is 18.8 Å². The van der Waals surface area contributed by atoms with Gasteiger partial charge in [0.15, 0.2) is 0 Å². The Hall–Kier alpha value is -2.68. The number of allylic oxidation sites excluding steroid dienone is 3. The van der Waals surface area contributed by atoms with Crippen molar-refractivity contribution in [1.82, 2.24) is 25.1 Å². The van der Waals surface area contributed by atoms with Crippen LogP contribution in [-0.2, 0) is 9.59 Å². The molecule has 9 heteroatoms. The lowest BCUT2D eigenvalue weighted by Crippen LogP contribution is -2.70. The highest BCUT2D eigenvalue weighted by molar-refractivity contribution is 5.85. The third-order valence-electron chi connectivity index (χ3n) is 7.93. The quantitative estimate of drug-likeness (QED) is 0.103. The van der Waals surface area contributed by atoms with Gasteiger partial charge in [-0.3, -0.25) is 9.59 Å². The van der Waals surface area contributed by atoms with Gasteiger partial charge in [-0.2, -0.15) is 0 Å². The summed E-state index contributed by atoms with van der Waals surface area (Å²) in [4.78, 5) is 43.2. The van der Waals surface area contributed by atoms with Crippen LogP contribution < -0.4 is 5.32 Å². The van der Waals surface area contributed by atoms with Gasteiger partial charge < -0.3 is 15.1 Å². The van der Waals surface area contributed by atoms with E-state index in [0.29, 0.717) is 25.4 Å². The Balaban J connectivity index is 3.24. The zero-order chi connectivity index (χ0) is 30.8. The van der Waals surface area contributed by atoms with Crippen LogP contribution in [0, 0.1) is 5.92 Å². The predicted octanol–water partition coefficient (Wildman–Crippen LogP) is 6.42. The second-order valence-electron chi connectivity index (χ2n) is 11.0. The highest BCUT2D eigenvalue weighted by Gasteiger charge is 2.44. The monoisotopic (exact) mass is 577 g/mol. The van der Waals surface area contributed by atoms with Crippen LogP contribution in [0.4, 0.5) is 9.18 Å². The molecule has 41 heavy (non-hydrogen) atoms. The predicted molar refractivity (Wildman–Crippen MR) is 165 cm³/mol. The fourth-order valence-electron chi connectivity index (χ4n) is 5.35. The Morgan fingerprint density at radius 2 is 1.80 bits per heavy atom. The molecule has 0 bridgehead atoms. The Morgan fingerprint density at radius 1 is 1.12 bits per heavy atom. The number of amides is 4. The summed E-state index contributed by atoms with van der Waals surface area (Å²) in [7, 11) is 1.81. The molecule has 3 atom stereocenters. The molecule has 1 aliphatic rings. The second-order valence-corrected chi connectivity index (χ2v) is 11.0. The average molecular weight is 578 g/mol. The summed E-state index contributed by atoms with van der Waals surface area (Å²) in [6.45, 7) is 15.2. The maximum atomic E-state index is 13.7. The summed E-state index contributed by atoms with van der Waals surface area (Å²) >= 11 is 0. The molecular weight excluding hydrogens is 521 g/mol. The minimum absolute atomic E-state index is 0.0346. The zero-order valence-electron chi connectivity index (χ0n) is 26.5. The van der Waals surface area contributed by atoms with Crippen molar-refractivity contribution in [2.75, 3.05) is 33.2 Å². The highest BCUT2D eigenvalue weighted by Crippen LogP contribution is 2.25. The van der Waals surface area contributed by atoms with Crippen molar-refractivity contribution >= 4 is 18.3 Å². The number of piperazine rings is 1. The van der Waals surface area contributed by atoms with E-state index in [-0.39, 0.29) is 25.0 Å². The standard InChI is InChI=1S/C32H56FN5O3/c1-8-13-17-27(11-4)18-15-22-36-24-30(37(25-39)29(31(36)40)19-14-9-2)38(35(7)12-5)32(41)34-23-28(16-10-3)21-20-26(6)33/h16,20-21,25,27,29-30H,6,8-15,17-19,22-24H2,1-5,7H3,(H,34,41)/b21-20-,28-16+/t27?,29-,30?/m0/s1. The fraction of sp³-hybridized carbons (Fsp3) is 0.719. The molecule has 0 aliphatic carbocycles. The Bertz CT molecular complexity index is 877. The highest BCUT2D eigenvalue weighted by atomic mass is 19.1. The minimum Gasteiger partial charge on any atom is -0.337 e. The number of hydrogen-bond acceptors (Lipinski definition) is 4. The molecule has 1 aliphatic heterocycles. The number of carbonyl (C=O) groups is 3. The van der Waals surface area contributed by atoms with Gasteiger partial charge in [-0.15, -0.1) is 0 Å². The van der Waals surface area contributed by atoms with Crippen molar-refractivity contribution in [1.29, 1.82) is 0 Å². The third kappa shape index (κ3) is 12.0. The van der Waals surface area contributed by atoms with Gasteiger partial charge in [0.25, 0.3) is 0 Å². The molecule has 0 spiro atoms. The zero-order valence-corrected chi connectivity index (χ0v) is 26.5. The third-order valence-corrected chi connectivity index (χ3v) is 7.93. The molecule has 0 aromatic heterocycles. The van der Waals surface area contributed by atoms with Crippen LogP contribution in [0.1, 0.15) is 98.8 Å². The molecule has 1 rings (SSSR count). The van der Waals surface area contributed by atoms with Crippen molar-refractivity contribution in [2.45, 2.75) is 111 Å². The summed E-state index contributed by atoms with van der Waals surface area (Å²) in [5, 5.41) is 6.28. The van der Waals surface area contributed by atoms with E-state index in [1.165, 1.54) is 30.2 Å². The van der Waals surface area contributed by atoms with Crippen molar-refractivity contribution in [3.63, 3.8) is 0 Å². The van der Waals surface area contributed by atoms with Crippen LogP contribution in [0.2, 0.25) is 0 Å². The number of nitrogens with zero attached hydrogens (tertiary/aromatic N) is 4. The van der Waals surface area contributed by atoms with Gasteiger partial charge in [0.1, 0.15) is 18.0 Å². The van der Waals surface area contributed by atoms with Crippen LogP contribution in [0.25, 0.3) is 0 Å². The Morgan fingerprint density at radius 3 is 2.37 bits per heavy atom. The van der Waals surface area contributed by atoms with Crippen LogP contribution in [0.3, 0.4) is 0 Å². The van der Waals surface area contributed by atoms with E-state index in [9.17, 15) is 18.8 Å². The molecule has 0 aromatic carbocycles. The molecule has 2 unspecified atom stereocenters. The maximum absolute atomic E-state index is 13.7. The summed E-state index contributed by atoms with van der Waals surface area (Å²) in [5.74, 6) is 0.0520. The molecule has 1 fully saturated rings. The summed E-state index contributed by atoms with van der Waals surface area (Å²) in [5.41, 5.74) is 0.751. The second kappa shape index (κ2) is 20.2. The molecule has 0 saturated carbocycles. The molecule has 0 radical (unpaired) electrons. The van der Waals surface area contributed by atoms with Crippen LogP contribution in [-0.4, -0.2) is 83.6 Å². The van der Waals surface area contributed by atoms with Gasteiger partial charge in [0, 0.05) is 26.7 Å². The van der Waals surface area contributed by atoms with Gasteiger partial charge in [-0.25, -0.2) is 19.2 Å². The topological polar surface area (TPSA) is 76.2 Å². The van der Waals surface area contributed by atoms with Crippen LogP contribution >= 0.6 is 0 Å². The first-order valence-electron chi connectivity index (χ1n) is 15.7. The molecule has 1 N–H and O–H groups in total. The van der Waals surface area contributed by atoms with E-state index in [1.807, 2.05) is 24.8 Å². The Labute approximate surface area is 248 Å². The molecule has 4 amide bonds. The molecule has 0 aromatic rings. The number of carbonyl (C=O) groups excluding carboxylic acids is 3. The largest absolute Gasteiger partial charge is 0.337 e. The lowest BCUT2D eigenvalue weighted by Gasteiger charge is -2.50. The number of hydrazine groups is 1. The Kier molecular flexibility index (Phi) is 17.9. The first-order valence-corrected chi connectivity index (χ1v) is 15.7. The first-order chi connectivity index (χ1) is 19.7. The lowest BCUT2D eigenvalue weighted by molar-refractivity contribution is -0.165. The van der Waals surface area contributed by atoms with Gasteiger partial charge in [0.05, 0.1) is 6.54 Å². The SMILES string of the molecule is C=C(F)/C=C\C(=C/CC)CNC(=O)N(C1CN(CCCC(CC)CCCC)C(=O)[C@H](CCCC)N1C=O)N(C)CC. The summed E-state index contributed by atoms with van der Waals surface area (Å²) in [6, 6.07) is -0.988.